The van der Waals surface area contributed by atoms with Crippen molar-refractivity contribution in [3.05, 3.63) is 48.3 Å². The number of carboxylic acid groups (broad SMARTS) is 1. The first kappa shape index (κ1) is 9.45. The van der Waals surface area contributed by atoms with Crippen molar-refractivity contribution in [1.82, 2.24) is 9.78 Å². The Hall–Kier alpha value is -2.10. The van der Waals surface area contributed by atoms with E-state index < -0.39 is 5.97 Å². The van der Waals surface area contributed by atoms with Crippen LogP contribution in [0.3, 0.4) is 0 Å². The third-order valence-electron chi connectivity index (χ3n) is 2.06. The van der Waals surface area contributed by atoms with Crippen LogP contribution >= 0.6 is 0 Å². The third-order valence-corrected chi connectivity index (χ3v) is 2.06. The summed E-state index contributed by atoms with van der Waals surface area (Å²) in [7, 11) is 0. The lowest BCUT2D eigenvalue weighted by atomic mass is 10.1. The van der Waals surface area contributed by atoms with Crippen molar-refractivity contribution < 1.29 is 9.90 Å². The van der Waals surface area contributed by atoms with Gasteiger partial charge in [0.15, 0.2) is 0 Å². The zero-order chi connectivity index (χ0) is 10.7. The van der Waals surface area contributed by atoms with Crippen LogP contribution in [0, 0.1) is 0 Å². The zero-order valence-corrected chi connectivity index (χ0v) is 8.00. The molecule has 0 aliphatic rings. The van der Waals surface area contributed by atoms with Crippen LogP contribution in [-0.4, -0.2) is 20.9 Å². The molecule has 1 aromatic heterocycles. The summed E-state index contributed by atoms with van der Waals surface area (Å²) in [5, 5.41) is 12.7. The monoisotopic (exact) mass is 202 g/mol. The summed E-state index contributed by atoms with van der Waals surface area (Å²) >= 11 is 0. The van der Waals surface area contributed by atoms with Gasteiger partial charge < -0.3 is 5.11 Å². The molecule has 0 fully saturated rings. The van der Waals surface area contributed by atoms with Crippen LogP contribution in [0.2, 0.25) is 0 Å². The standard InChI is InChI=1S/C11H10N2O2/c14-11(15)8-9-2-4-10(5-3-9)13-7-1-6-12-13/h1-7H,8H2,(H,14,15). The molecule has 15 heavy (non-hydrogen) atoms. The van der Waals surface area contributed by atoms with Crippen molar-refractivity contribution in [2.24, 2.45) is 0 Å². The van der Waals surface area contributed by atoms with Gasteiger partial charge in [-0.2, -0.15) is 5.10 Å². The molecule has 76 valence electrons. The number of aromatic nitrogens is 2. The Labute approximate surface area is 86.8 Å². The van der Waals surface area contributed by atoms with E-state index in [4.69, 9.17) is 5.11 Å². The molecule has 2 aromatic rings. The molecule has 0 aliphatic carbocycles. The van der Waals surface area contributed by atoms with E-state index in [1.165, 1.54) is 0 Å². The summed E-state index contributed by atoms with van der Waals surface area (Å²) in [5.41, 5.74) is 1.72. The van der Waals surface area contributed by atoms with Crippen LogP contribution in [0.4, 0.5) is 0 Å². The molecular weight excluding hydrogens is 192 g/mol. The van der Waals surface area contributed by atoms with Crippen molar-refractivity contribution in [2.45, 2.75) is 6.42 Å². The average Bonchev–Trinajstić information content (AvgIpc) is 2.71. The zero-order valence-electron chi connectivity index (χ0n) is 8.00. The van der Waals surface area contributed by atoms with Gasteiger partial charge in [0.25, 0.3) is 0 Å². The van der Waals surface area contributed by atoms with Gasteiger partial charge in [-0.25, -0.2) is 4.68 Å². The number of carbonyl (C=O) groups is 1. The van der Waals surface area contributed by atoms with Gasteiger partial charge in [0, 0.05) is 12.4 Å². The van der Waals surface area contributed by atoms with Crippen LogP contribution in [0.25, 0.3) is 5.69 Å². The fraction of sp³-hybridized carbons (Fsp3) is 0.0909. The second-order valence-corrected chi connectivity index (χ2v) is 3.19. The molecule has 1 heterocycles. The molecule has 0 saturated carbocycles. The molecule has 4 nitrogen and oxygen atoms in total. The highest BCUT2D eigenvalue weighted by Crippen LogP contribution is 2.08. The summed E-state index contributed by atoms with van der Waals surface area (Å²) in [5.74, 6) is -0.818. The normalized spacial score (nSPS) is 10.1. The lowest BCUT2D eigenvalue weighted by molar-refractivity contribution is -0.136. The molecule has 0 atom stereocenters. The molecule has 0 spiro atoms. The van der Waals surface area contributed by atoms with E-state index in [1.807, 2.05) is 24.4 Å². The first-order valence-electron chi connectivity index (χ1n) is 4.56. The fourth-order valence-corrected chi connectivity index (χ4v) is 1.36. The number of benzene rings is 1. The summed E-state index contributed by atoms with van der Waals surface area (Å²) in [6, 6.07) is 9.14. The van der Waals surface area contributed by atoms with Gasteiger partial charge in [0.05, 0.1) is 12.1 Å². The van der Waals surface area contributed by atoms with Gasteiger partial charge in [-0.05, 0) is 23.8 Å². The quantitative estimate of drug-likeness (QED) is 0.820. The van der Waals surface area contributed by atoms with Crippen LogP contribution in [-0.2, 0) is 11.2 Å². The van der Waals surface area contributed by atoms with Crippen molar-refractivity contribution >= 4 is 5.97 Å². The van der Waals surface area contributed by atoms with Gasteiger partial charge in [0.1, 0.15) is 0 Å². The Morgan fingerprint density at radius 1 is 1.33 bits per heavy atom. The minimum absolute atomic E-state index is 0.0549. The largest absolute Gasteiger partial charge is 0.481 e. The molecule has 4 heteroatoms. The Bertz CT molecular complexity index is 446. The van der Waals surface area contributed by atoms with Crippen molar-refractivity contribution in [3.8, 4) is 5.69 Å². The number of hydrogen-bond donors (Lipinski definition) is 1. The molecule has 0 amide bonds. The van der Waals surface area contributed by atoms with Crippen LogP contribution in [0.5, 0.6) is 0 Å². The molecule has 0 aliphatic heterocycles. The number of hydrogen-bond acceptors (Lipinski definition) is 2. The van der Waals surface area contributed by atoms with Gasteiger partial charge in [-0.15, -0.1) is 0 Å². The highest BCUT2D eigenvalue weighted by Gasteiger charge is 2.00. The number of aliphatic carboxylic acids is 1. The summed E-state index contributed by atoms with van der Waals surface area (Å²) in [6.45, 7) is 0. The second kappa shape index (κ2) is 3.96. The summed E-state index contributed by atoms with van der Waals surface area (Å²) in [4.78, 5) is 10.5. The Balaban J connectivity index is 2.21. The van der Waals surface area contributed by atoms with Gasteiger partial charge >= 0.3 is 5.97 Å². The summed E-state index contributed by atoms with van der Waals surface area (Å²) < 4.78 is 1.73. The maximum absolute atomic E-state index is 10.5. The van der Waals surface area contributed by atoms with Gasteiger partial charge in [0.2, 0.25) is 0 Å². The Morgan fingerprint density at radius 3 is 2.60 bits per heavy atom. The van der Waals surface area contributed by atoms with E-state index in [2.05, 4.69) is 5.10 Å². The minimum Gasteiger partial charge on any atom is -0.481 e. The topological polar surface area (TPSA) is 55.1 Å². The Kier molecular flexibility index (Phi) is 2.49. The van der Waals surface area contributed by atoms with Crippen molar-refractivity contribution in [3.63, 3.8) is 0 Å². The SMILES string of the molecule is O=C(O)Cc1ccc(-n2cccn2)cc1. The van der Waals surface area contributed by atoms with E-state index in [-0.39, 0.29) is 6.42 Å². The van der Waals surface area contributed by atoms with E-state index in [0.717, 1.165) is 11.3 Å². The van der Waals surface area contributed by atoms with Gasteiger partial charge in [-0.1, -0.05) is 12.1 Å². The fourth-order valence-electron chi connectivity index (χ4n) is 1.36. The van der Waals surface area contributed by atoms with Crippen molar-refractivity contribution in [1.29, 1.82) is 0 Å². The average molecular weight is 202 g/mol. The lowest BCUT2D eigenvalue weighted by Crippen LogP contribution is -2.00. The van der Waals surface area contributed by atoms with Gasteiger partial charge in [-0.3, -0.25) is 4.79 Å². The molecule has 1 aromatic carbocycles. The van der Waals surface area contributed by atoms with E-state index in [1.54, 1.807) is 23.0 Å². The van der Waals surface area contributed by atoms with E-state index in [0.29, 0.717) is 0 Å². The molecule has 0 unspecified atom stereocenters. The third kappa shape index (κ3) is 2.22. The highest BCUT2D eigenvalue weighted by atomic mass is 16.4. The molecule has 2 rings (SSSR count). The van der Waals surface area contributed by atoms with E-state index >= 15 is 0 Å². The second-order valence-electron chi connectivity index (χ2n) is 3.19. The lowest BCUT2D eigenvalue weighted by Gasteiger charge is -2.02. The predicted molar refractivity (Wildman–Crippen MR) is 54.9 cm³/mol. The number of nitrogens with zero attached hydrogens (tertiary/aromatic N) is 2. The number of rotatable bonds is 3. The molecule has 1 N–H and O–H groups in total. The first-order valence-corrected chi connectivity index (χ1v) is 4.56. The smallest absolute Gasteiger partial charge is 0.307 e. The maximum Gasteiger partial charge on any atom is 0.307 e. The van der Waals surface area contributed by atoms with Crippen molar-refractivity contribution in [2.75, 3.05) is 0 Å². The maximum atomic E-state index is 10.5. The van der Waals surface area contributed by atoms with Crippen LogP contribution < -0.4 is 0 Å². The van der Waals surface area contributed by atoms with Crippen LogP contribution in [0.15, 0.2) is 42.7 Å². The highest BCUT2D eigenvalue weighted by molar-refractivity contribution is 5.70. The summed E-state index contributed by atoms with van der Waals surface area (Å²) in [6.07, 6.45) is 3.59. The minimum atomic E-state index is -0.818. The predicted octanol–water partition coefficient (Wildman–Crippen LogP) is 1.50. The Morgan fingerprint density at radius 2 is 2.07 bits per heavy atom. The van der Waals surface area contributed by atoms with E-state index in [9.17, 15) is 4.79 Å². The molecular formula is C11H10N2O2. The first-order chi connectivity index (χ1) is 7.25. The number of carboxylic acids is 1. The molecule has 0 saturated heterocycles. The molecule has 0 radical (unpaired) electrons. The van der Waals surface area contributed by atoms with Crippen LogP contribution in [0.1, 0.15) is 5.56 Å². The molecule has 0 bridgehead atoms.